The molecule has 0 bridgehead atoms. The second-order valence-corrected chi connectivity index (χ2v) is 4.71. The largest absolute Gasteiger partial charge is 0.481 e. The summed E-state index contributed by atoms with van der Waals surface area (Å²) in [7, 11) is 1.82. The second kappa shape index (κ2) is 4.31. The Labute approximate surface area is 95.0 Å². The van der Waals surface area contributed by atoms with Crippen LogP contribution in [0.2, 0.25) is 0 Å². The summed E-state index contributed by atoms with van der Waals surface area (Å²) in [6, 6.07) is 0.288. The molecule has 90 valence electrons. The number of urea groups is 1. The Hall–Kier alpha value is -1.26. The summed E-state index contributed by atoms with van der Waals surface area (Å²) in [6.07, 6.45) is 3.97. The van der Waals surface area contributed by atoms with Gasteiger partial charge in [0.1, 0.15) is 0 Å². The number of carbonyl (C=O) groups excluding carboxylic acids is 1. The van der Waals surface area contributed by atoms with Gasteiger partial charge >= 0.3 is 12.0 Å². The molecule has 1 heterocycles. The van der Waals surface area contributed by atoms with Crippen molar-refractivity contribution < 1.29 is 14.7 Å². The van der Waals surface area contributed by atoms with Crippen LogP contribution in [0.3, 0.4) is 0 Å². The Morgan fingerprint density at radius 2 is 2.06 bits per heavy atom. The predicted molar refractivity (Wildman–Crippen MR) is 58.2 cm³/mol. The van der Waals surface area contributed by atoms with E-state index < -0.39 is 5.97 Å². The van der Waals surface area contributed by atoms with E-state index in [4.69, 9.17) is 5.11 Å². The molecule has 5 heteroatoms. The number of carboxylic acids is 1. The van der Waals surface area contributed by atoms with Crippen LogP contribution < -0.4 is 0 Å². The van der Waals surface area contributed by atoms with Gasteiger partial charge in [-0.1, -0.05) is 0 Å². The third-order valence-electron chi connectivity index (χ3n) is 3.43. The number of rotatable bonds is 3. The molecule has 1 N–H and O–H groups in total. The van der Waals surface area contributed by atoms with Crippen LogP contribution in [0.1, 0.15) is 32.1 Å². The van der Waals surface area contributed by atoms with E-state index in [1.54, 1.807) is 9.80 Å². The number of nitrogens with zero attached hydrogens (tertiary/aromatic N) is 2. The van der Waals surface area contributed by atoms with Gasteiger partial charge in [0.25, 0.3) is 0 Å². The second-order valence-electron chi connectivity index (χ2n) is 4.71. The van der Waals surface area contributed by atoms with Gasteiger partial charge in [0.15, 0.2) is 0 Å². The van der Waals surface area contributed by atoms with Gasteiger partial charge in [-0.2, -0.15) is 0 Å². The van der Waals surface area contributed by atoms with Crippen LogP contribution >= 0.6 is 0 Å². The van der Waals surface area contributed by atoms with Gasteiger partial charge in [-0.3, -0.25) is 4.79 Å². The summed E-state index contributed by atoms with van der Waals surface area (Å²) < 4.78 is 0. The fraction of sp³-hybridized carbons (Fsp3) is 0.818. The van der Waals surface area contributed by atoms with E-state index in [0.717, 1.165) is 25.7 Å². The molecule has 2 rings (SSSR count). The number of carboxylic acid groups (broad SMARTS) is 1. The van der Waals surface area contributed by atoms with Crippen LogP contribution in [0.25, 0.3) is 0 Å². The molecule has 2 fully saturated rings. The zero-order valence-corrected chi connectivity index (χ0v) is 9.56. The summed E-state index contributed by atoms with van der Waals surface area (Å²) in [5.41, 5.74) is 0. The molecule has 1 aliphatic carbocycles. The minimum absolute atomic E-state index is 0.00579. The van der Waals surface area contributed by atoms with Gasteiger partial charge in [0.05, 0.1) is 6.42 Å². The van der Waals surface area contributed by atoms with Crippen LogP contribution in [0, 0.1) is 0 Å². The molecule has 2 amide bonds. The lowest BCUT2D eigenvalue weighted by Crippen LogP contribution is -2.45. The molecule has 1 unspecified atom stereocenters. The minimum atomic E-state index is -0.821. The Bertz CT molecular complexity index is 302. The van der Waals surface area contributed by atoms with E-state index in [2.05, 4.69) is 0 Å². The zero-order valence-electron chi connectivity index (χ0n) is 9.56. The first-order chi connectivity index (χ1) is 7.59. The molecular weight excluding hydrogens is 208 g/mol. The number of hydrogen-bond acceptors (Lipinski definition) is 2. The van der Waals surface area contributed by atoms with Crippen LogP contribution in [0.15, 0.2) is 0 Å². The third kappa shape index (κ3) is 2.28. The van der Waals surface area contributed by atoms with Crippen molar-refractivity contribution in [2.45, 2.75) is 44.2 Å². The molecule has 0 aromatic heterocycles. The molecule has 1 aliphatic heterocycles. The maximum Gasteiger partial charge on any atom is 0.320 e. The van der Waals surface area contributed by atoms with Gasteiger partial charge < -0.3 is 14.9 Å². The predicted octanol–water partition coefficient (Wildman–Crippen LogP) is 1.14. The standard InChI is InChI=1S/C11H18N2O3/c1-12(8-4-5-8)11(16)13-6-2-3-9(13)7-10(14)15/h8-9H,2-7H2,1H3,(H,14,15). The molecule has 1 saturated carbocycles. The molecular formula is C11H18N2O3. The average molecular weight is 226 g/mol. The van der Waals surface area contributed by atoms with Crippen molar-refractivity contribution >= 4 is 12.0 Å². The van der Waals surface area contributed by atoms with Gasteiger partial charge in [0, 0.05) is 25.7 Å². The normalized spacial score (nSPS) is 24.6. The maximum absolute atomic E-state index is 12.1. The quantitative estimate of drug-likeness (QED) is 0.785. The maximum atomic E-state index is 12.1. The average Bonchev–Trinajstić information content (AvgIpc) is 2.97. The highest BCUT2D eigenvalue weighted by atomic mass is 16.4. The summed E-state index contributed by atoms with van der Waals surface area (Å²) in [5, 5.41) is 8.78. The van der Waals surface area contributed by atoms with Crippen molar-refractivity contribution in [2.24, 2.45) is 0 Å². The zero-order chi connectivity index (χ0) is 11.7. The highest BCUT2D eigenvalue weighted by Crippen LogP contribution is 2.29. The highest BCUT2D eigenvalue weighted by Gasteiger charge is 2.36. The van der Waals surface area contributed by atoms with E-state index in [1.807, 2.05) is 7.05 Å². The molecule has 1 atom stereocenters. The van der Waals surface area contributed by atoms with Crippen molar-refractivity contribution in [3.05, 3.63) is 0 Å². The first kappa shape index (κ1) is 11.2. The molecule has 2 aliphatic rings. The minimum Gasteiger partial charge on any atom is -0.481 e. The van der Waals surface area contributed by atoms with E-state index in [1.165, 1.54) is 0 Å². The molecule has 0 spiro atoms. The van der Waals surface area contributed by atoms with E-state index in [-0.39, 0.29) is 18.5 Å². The number of carbonyl (C=O) groups is 2. The van der Waals surface area contributed by atoms with Crippen molar-refractivity contribution in [3.8, 4) is 0 Å². The Kier molecular flexibility index (Phi) is 3.03. The van der Waals surface area contributed by atoms with E-state index in [9.17, 15) is 9.59 Å². The van der Waals surface area contributed by atoms with Gasteiger partial charge in [-0.15, -0.1) is 0 Å². The Morgan fingerprint density at radius 3 is 2.62 bits per heavy atom. The third-order valence-corrected chi connectivity index (χ3v) is 3.43. The van der Waals surface area contributed by atoms with Gasteiger partial charge in [-0.25, -0.2) is 4.79 Å². The first-order valence-electron chi connectivity index (χ1n) is 5.85. The fourth-order valence-corrected chi connectivity index (χ4v) is 2.32. The van der Waals surface area contributed by atoms with Crippen LogP contribution in [0.4, 0.5) is 4.79 Å². The number of amides is 2. The van der Waals surface area contributed by atoms with Crippen molar-refractivity contribution in [3.63, 3.8) is 0 Å². The lowest BCUT2D eigenvalue weighted by molar-refractivity contribution is -0.137. The monoisotopic (exact) mass is 226 g/mol. The lowest BCUT2D eigenvalue weighted by atomic mass is 10.1. The number of likely N-dealkylation sites (tertiary alicyclic amines) is 1. The topological polar surface area (TPSA) is 60.9 Å². The number of hydrogen-bond donors (Lipinski definition) is 1. The fourth-order valence-electron chi connectivity index (χ4n) is 2.32. The lowest BCUT2D eigenvalue weighted by Gasteiger charge is -2.28. The Morgan fingerprint density at radius 1 is 1.38 bits per heavy atom. The van der Waals surface area contributed by atoms with Crippen molar-refractivity contribution in [1.29, 1.82) is 0 Å². The first-order valence-corrected chi connectivity index (χ1v) is 5.85. The van der Waals surface area contributed by atoms with Crippen molar-refractivity contribution in [1.82, 2.24) is 9.80 Å². The summed E-state index contributed by atoms with van der Waals surface area (Å²) in [6.45, 7) is 0.702. The summed E-state index contributed by atoms with van der Waals surface area (Å²) in [5.74, 6) is -0.821. The van der Waals surface area contributed by atoms with Crippen LogP contribution in [-0.2, 0) is 4.79 Å². The SMILES string of the molecule is CN(C(=O)N1CCCC1CC(=O)O)C1CC1. The summed E-state index contributed by atoms with van der Waals surface area (Å²) >= 11 is 0. The van der Waals surface area contributed by atoms with E-state index in [0.29, 0.717) is 12.6 Å². The summed E-state index contributed by atoms with van der Waals surface area (Å²) in [4.78, 5) is 26.3. The Balaban J connectivity index is 1.95. The molecule has 1 saturated heterocycles. The van der Waals surface area contributed by atoms with Gasteiger partial charge in [-0.05, 0) is 25.7 Å². The molecule has 0 aromatic rings. The molecule has 0 aromatic carbocycles. The van der Waals surface area contributed by atoms with Crippen LogP contribution in [0.5, 0.6) is 0 Å². The molecule has 5 nitrogen and oxygen atoms in total. The highest BCUT2D eigenvalue weighted by molar-refractivity contribution is 5.77. The number of aliphatic carboxylic acids is 1. The van der Waals surface area contributed by atoms with E-state index >= 15 is 0 Å². The smallest absolute Gasteiger partial charge is 0.320 e. The van der Waals surface area contributed by atoms with Crippen LogP contribution in [-0.4, -0.2) is 52.6 Å². The van der Waals surface area contributed by atoms with Crippen molar-refractivity contribution in [2.75, 3.05) is 13.6 Å². The molecule has 0 radical (unpaired) electrons. The van der Waals surface area contributed by atoms with Gasteiger partial charge in [0.2, 0.25) is 0 Å². The molecule has 16 heavy (non-hydrogen) atoms.